The summed E-state index contributed by atoms with van der Waals surface area (Å²) in [5, 5.41) is 3.55. The Hall–Kier alpha value is -1.52. The van der Waals surface area contributed by atoms with E-state index in [4.69, 9.17) is 21.8 Å². The van der Waals surface area contributed by atoms with Gasteiger partial charge in [-0.15, -0.1) is 0 Å². The molecule has 2 rings (SSSR count). The fourth-order valence-corrected chi connectivity index (χ4v) is 1.99. The summed E-state index contributed by atoms with van der Waals surface area (Å²) >= 11 is 6.02. The monoisotopic (exact) mass is 282 g/mol. The lowest BCUT2D eigenvalue weighted by Crippen LogP contribution is -2.20. The Morgan fingerprint density at radius 3 is 2.79 bits per heavy atom. The molecule has 0 bridgehead atoms. The van der Waals surface area contributed by atoms with E-state index in [1.807, 2.05) is 19.1 Å². The number of nitrogens with two attached hydrogens (primary N) is 1. The highest BCUT2D eigenvalue weighted by Crippen LogP contribution is 2.27. The van der Waals surface area contributed by atoms with Gasteiger partial charge in [0.15, 0.2) is 0 Å². The van der Waals surface area contributed by atoms with Crippen LogP contribution in [0.2, 0.25) is 5.02 Å². The van der Waals surface area contributed by atoms with Crippen molar-refractivity contribution in [2.24, 2.45) is 5.73 Å². The predicted octanol–water partition coefficient (Wildman–Crippen LogP) is 3.75. The molecule has 0 aliphatic heterocycles. The summed E-state index contributed by atoms with van der Waals surface area (Å²) < 4.78 is 18.9. The zero-order valence-electron chi connectivity index (χ0n) is 10.6. The van der Waals surface area contributed by atoms with Gasteiger partial charge in [-0.3, -0.25) is 0 Å². The SMILES string of the molecule is CCc1ccc(C(CN)Nc2cc(F)ccc2Cl)o1. The second kappa shape index (κ2) is 6.08. The van der Waals surface area contributed by atoms with Crippen molar-refractivity contribution < 1.29 is 8.81 Å². The minimum Gasteiger partial charge on any atom is -0.464 e. The number of hydrogen-bond donors (Lipinski definition) is 2. The highest BCUT2D eigenvalue weighted by molar-refractivity contribution is 6.33. The molecule has 0 fully saturated rings. The topological polar surface area (TPSA) is 51.2 Å². The molecule has 0 aliphatic carbocycles. The average molecular weight is 283 g/mol. The van der Waals surface area contributed by atoms with Crippen LogP contribution in [0, 0.1) is 5.82 Å². The predicted molar refractivity (Wildman–Crippen MR) is 74.9 cm³/mol. The van der Waals surface area contributed by atoms with Crippen molar-refractivity contribution in [1.82, 2.24) is 0 Å². The molecule has 1 aromatic heterocycles. The van der Waals surface area contributed by atoms with Gasteiger partial charge in [0.25, 0.3) is 0 Å². The minimum atomic E-state index is -0.351. The summed E-state index contributed by atoms with van der Waals surface area (Å²) in [5.74, 6) is 1.26. The quantitative estimate of drug-likeness (QED) is 0.878. The highest BCUT2D eigenvalue weighted by atomic mass is 35.5. The van der Waals surface area contributed by atoms with Crippen LogP contribution < -0.4 is 11.1 Å². The van der Waals surface area contributed by atoms with Crippen molar-refractivity contribution in [3.8, 4) is 0 Å². The van der Waals surface area contributed by atoms with Gasteiger partial charge in [0.1, 0.15) is 17.3 Å². The lowest BCUT2D eigenvalue weighted by Gasteiger charge is -2.17. The molecule has 0 amide bonds. The van der Waals surface area contributed by atoms with Gasteiger partial charge in [-0.05, 0) is 30.3 Å². The van der Waals surface area contributed by atoms with E-state index in [9.17, 15) is 4.39 Å². The average Bonchev–Trinajstić information content (AvgIpc) is 2.88. The van der Waals surface area contributed by atoms with Crippen molar-refractivity contribution in [3.63, 3.8) is 0 Å². The van der Waals surface area contributed by atoms with E-state index < -0.39 is 0 Å². The number of hydrogen-bond acceptors (Lipinski definition) is 3. The molecule has 0 radical (unpaired) electrons. The third kappa shape index (κ3) is 3.28. The zero-order chi connectivity index (χ0) is 13.8. The van der Waals surface area contributed by atoms with Crippen molar-refractivity contribution in [1.29, 1.82) is 0 Å². The van der Waals surface area contributed by atoms with E-state index in [1.165, 1.54) is 18.2 Å². The lowest BCUT2D eigenvalue weighted by atomic mass is 10.2. The molecule has 1 heterocycles. The van der Waals surface area contributed by atoms with Crippen LogP contribution in [-0.2, 0) is 6.42 Å². The fourth-order valence-electron chi connectivity index (χ4n) is 1.81. The first kappa shape index (κ1) is 13.9. The lowest BCUT2D eigenvalue weighted by molar-refractivity contribution is 0.448. The maximum atomic E-state index is 13.2. The van der Waals surface area contributed by atoms with Crippen LogP contribution >= 0.6 is 11.6 Å². The molecule has 0 saturated heterocycles. The van der Waals surface area contributed by atoms with Crippen molar-refractivity contribution >= 4 is 17.3 Å². The Kier molecular flexibility index (Phi) is 4.45. The molecule has 3 nitrogen and oxygen atoms in total. The molecule has 1 atom stereocenters. The summed E-state index contributed by atoms with van der Waals surface area (Å²) in [6, 6.07) is 7.71. The van der Waals surface area contributed by atoms with E-state index >= 15 is 0 Å². The Balaban J connectivity index is 2.21. The van der Waals surface area contributed by atoms with Crippen LogP contribution in [0.15, 0.2) is 34.7 Å². The number of anilines is 1. The van der Waals surface area contributed by atoms with Crippen molar-refractivity contribution in [2.45, 2.75) is 19.4 Å². The van der Waals surface area contributed by atoms with E-state index in [0.29, 0.717) is 17.3 Å². The second-order valence-electron chi connectivity index (χ2n) is 4.21. The molecule has 1 unspecified atom stereocenters. The molecule has 2 aromatic rings. The fraction of sp³-hybridized carbons (Fsp3) is 0.286. The van der Waals surface area contributed by atoms with E-state index in [-0.39, 0.29) is 11.9 Å². The number of aryl methyl sites for hydroxylation is 1. The highest BCUT2D eigenvalue weighted by Gasteiger charge is 2.15. The first-order valence-corrected chi connectivity index (χ1v) is 6.52. The molecular weight excluding hydrogens is 267 g/mol. The third-order valence-electron chi connectivity index (χ3n) is 2.87. The maximum Gasteiger partial charge on any atom is 0.127 e. The zero-order valence-corrected chi connectivity index (χ0v) is 11.4. The third-order valence-corrected chi connectivity index (χ3v) is 3.20. The number of halogens is 2. The molecule has 5 heteroatoms. The molecular formula is C14H16ClFN2O. The summed E-state index contributed by atoms with van der Waals surface area (Å²) in [6.07, 6.45) is 0.817. The summed E-state index contributed by atoms with van der Waals surface area (Å²) in [7, 11) is 0. The van der Waals surface area contributed by atoms with Crippen LogP contribution in [0.3, 0.4) is 0 Å². The van der Waals surface area contributed by atoms with Gasteiger partial charge in [-0.1, -0.05) is 18.5 Å². The summed E-state index contributed by atoms with van der Waals surface area (Å²) in [6.45, 7) is 2.33. The van der Waals surface area contributed by atoms with E-state index in [0.717, 1.165) is 17.9 Å². The van der Waals surface area contributed by atoms with Gasteiger partial charge in [-0.2, -0.15) is 0 Å². The van der Waals surface area contributed by atoms with Gasteiger partial charge in [0.05, 0.1) is 16.8 Å². The first-order chi connectivity index (χ1) is 9.13. The van der Waals surface area contributed by atoms with Crippen LogP contribution in [-0.4, -0.2) is 6.54 Å². The molecule has 0 aliphatic rings. The number of rotatable bonds is 5. The largest absolute Gasteiger partial charge is 0.464 e. The Morgan fingerprint density at radius 1 is 1.37 bits per heavy atom. The first-order valence-electron chi connectivity index (χ1n) is 6.14. The Labute approximate surface area is 116 Å². The number of benzene rings is 1. The molecule has 0 spiro atoms. The van der Waals surface area contributed by atoms with Crippen molar-refractivity contribution in [3.05, 3.63) is 52.7 Å². The smallest absolute Gasteiger partial charge is 0.127 e. The van der Waals surface area contributed by atoms with Crippen LogP contribution in [0.25, 0.3) is 0 Å². The molecule has 19 heavy (non-hydrogen) atoms. The standard InChI is InChI=1S/C14H16ClFN2O/c1-2-10-4-6-14(19-10)13(8-17)18-12-7-9(16)3-5-11(12)15/h3-7,13,18H,2,8,17H2,1H3. The van der Waals surface area contributed by atoms with Crippen LogP contribution in [0.1, 0.15) is 24.5 Å². The second-order valence-corrected chi connectivity index (χ2v) is 4.62. The minimum absolute atomic E-state index is 0.236. The van der Waals surface area contributed by atoms with Gasteiger partial charge >= 0.3 is 0 Å². The molecule has 0 saturated carbocycles. The van der Waals surface area contributed by atoms with Gasteiger partial charge in [-0.25, -0.2) is 4.39 Å². The molecule has 102 valence electrons. The normalized spacial score (nSPS) is 12.4. The van der Waals surface area contributed by atoms with Gasteiger partial charge in [0.2, 0.25) is 0 Å². The van der Waals surface area contributed by atoms with E-state index in [2.05, 4.69) is 5.32 Å². The van der Waals surface area contributed by atoms with Crippen LogP contribution in [0.5, 0.6) is 0 Å². The Bertz CT molecular complexity index is 556. The van der Waals surface area contributed by atoms with Crippen molar-refractivity contribution in [2.75, 3.05) is 11.9 Å². The number of nitrogens with one attached hydrogen (secondary N) is 1. The molecule has 1 aromatic carbocycles. The molecule has 3 N–H and O–H groups in total. The van der Waals surface area contributed by atoms with Gasteiger partial charge < -0.3 is 15.5 Å². The maximum absolute atomic E-state index is 13.2. The van der Waals surface area contributed by atoms with Gasteiger partial charge in [0, 0.05) is 13.0 Å². The summed E-state index contributed by atoms with van der Waals surface area (Å²) in [5.41, 5.74) is 6.24. The Morgan fingerprint density at radius 2 is 2.16 bits per heavy atom. The van der Waals surface area contributed by atoms with Crippen LogP contribution in [0.4, 0.5) is 10.1 Å². The van der Waals surface area contributed by atoms with E-state index in [1.54, 1.807) is 0 Å². The summed E-state index contributed by atoms with van der Waals surface area (Å²) in [4.78, 5) is 0. The number of furan rings is 1.